The van der Waals surface area contributed by atoms with E-state index in [1.165, 1.54) is 30.4 Å². The van der Waals surface area contributed by atoms with Crippen LogP contribution in [0.15, 0.2) is 24.3 Å². The molecule has 0 spiro atoms. The largest absolute Gasteiger partial charge is 0.377 e. The highest BCUT2D eigenvalue weighted by molar-refractivity contribution is 5.34. The molecule has 1 aromatic rings. The van der Waals surface area contributed by atoms with Crippen LogP contribution in [0.25, 0.3) is 0 Å². The average molecular weight is 247 g/mol. The van der Waals surface area contributed by atoms with Crippen molar-refractivity contribution in [3.8, 4) is 0 Å². The van der Waals surface area contributed by atoms with Crippen molar-refractivity contribution < 1.29 is 4.74 Å². The Morgan fingerprint density at radius 2 is 2.00 bits per heavy atom. The summed E-state index contributed by atoms with van der Waals surface area (Å²) in [7, 11) is 2.02. The molecule has 1 fully saturated rings. The maximum Gasteiger partial charge on any atom is 0.0664 e. The fraction of sp³-hybridized carbons (Fsp3) is 0.625. The topological polar surface area (TPSA) is 21.3 Å². The third-order valence-corrected chi connectivity index (χ3v) is 3.86. The lowest BCUT2D eigenvalue weighted by molar-refractivity contribution is 0.0623. The van der Waals surface area contributed by atoms with Gasteiger partial charge in [0, 0.05) is 0 Å². The molecule has 1 N–H and O–H groups in total. The first-order valence-electron chi connectivity index (χ1n) is 7.10. The van der Waals surface area contributed by atoms with E-state index in [0.29, 0.717) is 6.04 Å². The van der Waals surface area contributed by atoms with E-state index in [4.69, 9.17) is 4.74 Å². The number of hydrogen-bond acceptors (Lipinski definition) is 2. The third-order valence-electron chi connectivity index (χ3n) is 3.86. The number of nitrogens with one attached hydrogen (secondary N) is 1. The summed E-state index contributed by atoms with van der Waals surface area (Å²) >= 11 is 0. The molecule has 1 aromatic carbocycles. The fourth-order valence-corrected chi connectivity index (χ4v) is 2.54. The van der Waals surface area contributed by atoms with E-state index in [2.05, 4.69) is 43.4 Å². The molecule has 0 aromatic heterocycles. The summed E-state index contributed by atoms with van der Waals surface area (Å²) in [5.74, 6) is 0.774. The van der Waals surface area contributed by atoms with Gasteiger partial charge in [-0.25, -0.2) is 0 Å². The summed E-state index contributed by atoms with van der Waals surface area (Å²) in [5.41, 5.74) is 2.95. The molecule has 1 saturated carbocycles. The van der Waals surface area contributed by atoms with Crippen molar-refractivity contribution in [2.75, 3.05) is 13.7 Å². The van der Waals surface area contributed by atoms with Gasteiger partial charge in [-0.3, -0.25) is 0 Å². The molecule has 2 heteroatoms. The van der Waals surface area contributed by atoms with Gasteiger partial charge >= 0.3 is 0 Å². The Kier molecular flexibility index (Phi) is 4.79. The van der Waals surface area contributed by atoms with E-state index in [-0.39, 0.29) is 6.10 Å². The van der Waals surface area contributed by atoms with Gasteiger partial charge < -0.3 is 10.1 Å². The van der Waals surface area contributed by atoms with Crippen LogP contribution in [-0.2, 0) is 4.74 Å². The van der Waals surface area contributed by atoms with Gasteiger partial charge in [0.25, 0.3) is 0 Å². The second-order valence-corrected chi connectivity index (χ2v) is 5.48. The number of likely N-dealkylation sites (N-methyl/N-ethyl adjacent to an activating group) is 1. The van der Waals surface area contributed by atoms with Gasteiger partial charge in [0.2, 0.25) is 0 Å². The maximum atomic E-state index is 5.77. The monoisotopic (exact) mass is 247 g/mol. The molecule has 0 heterocycles. The van der Waals surface area contributed by atoms with Crippen LogP contribution in [0.3, 0.4) is 0 Å². The van der Waals surface area contributed by atoms with Crippen molar-refractivity contribution in [3.05, 3.63) is 35.4 Å². The lowest BCUT2D eigenvalue weighted by Gasteiger charge is -2.30. The van der Waals surface area contributed by atoms with Crippen LogP contribution in [-0.4, -0.2) is 19.8 Å². The van der Waals surface area contributed by atoms with Crippen LogP contribution in [0.2, 0.25) is 0 Å². The predicted molar refractivity (Wildman–Crippen MR) is 75.9 cm³/mol. The first-order valence-corrected chi connectivity index (χ1v) is 7.10. The van der Waals surface area contributed by atoms with Gasteiger partial charge in [0.05, 0.1) is 18.8 Å². The summed E-state index contributed by atoms with van der Waals surface area (Å²) in [6.07, 6.45) is 4.36. The van der Waals surface area contributed by atoms with Crippen molar-refractivity contribution in [2.45, 2.75) is 51.2 Å². The summed E-state index contributed by atoms with van der Waals surface area (Å²) in [4.78, 5) is 0. The van der Waals surface area contributed by atoms with Crippen LogP contribution in [0.5, 0.6) is 0 Å². The second kappa shape index (κ2) is 6.35. The molecule has 1 unspecified atom stereocenters. The highest BCUT2D eigenvalue weighted by Crippen LogP contribution is 2.39. The van der Waals surface area contributed by atoms with Crippen LogP contribution < -0.4 is 5.32 Å². The minimum Gasteiger partial charge on any atom is -0.377 e. The quantitative estimate of drug-likeness (QED) is 0.828. The summed E-state index contributed by atoms with van der Waals surface area (Å²) < 4.78 is 5.77. The Morgan fingerprint density at radius 3 is 2.56 bits per heavy atom. The van der Waals surface area contributed by atoms with Crippen molar-refractivity contribution in [3.63, 3.8) is 0 Å². The van der Waals surface area contributed by atoms with E-state index < -0.39 is 0 Å². The molecular weight excluding hydrogens is 222 g/mol. The highest BCUT2D eigenvalue weighted by Gasteiger charge is 2.24. The lowest BCUT2D eigenvalue weighted by Crippen LogP contribution is -2.26. The zero-order valence-corrected chi connectivity index (χ0v) is 11.8. The van der Waals surface area contributed by atoms with Gasteiger partial charge in [0.15, 0.2) is 0 Å². The zero-order chi connectivity index (χ0) is 13.0. The molecule has 0 aliphatic heterocycles. The normalized spacial score (nSPS) is 17.8. The minimum absolute atomic E-state index is 0.289. The van der Waals surface area contributed by atoms with Gasteiger partial charge in [-0.05, 0) is 50.8 Å². The number of hydrogen-bond donors (Lipinski definition) is 1. The van der Waals surface area contributed by atoms with E-state index in [9.17, 15) is 0 Å². The Labute approximate surface area is 111 Å². The Bertz CT molecular complexity index is 371. The van der Waals surface area contributed by atoms with Crippen molar-refractivity contribution in [2.24, 2.45) is 0 Å². The van der Waals surface area contributed by atoms with Crippen molar-refractivity contribution in [1.29, 1.82) is 0 Å². The van der Waals surface area contributed by atoms with Crippen LogP contribution in [0.1, 0.15) is 56.2 Å². The number of benzene rings is 1. The Morgan fingerprint density at radius 1 is 1.28 bits per heavy atom. The van der Waals surface area contributed by atoms with Gasteiger partial charge in [0.1, 0.15) is 0 Å². The first kappa shape index (κ1) is 13.6. The first-order chi connectivity index (χ1) is 8.72. The van der Waals surface area contributed by atoms with E-state index in [1.54, 1.807) is 0 Å². The Hall–Kier alpha value is -0.860. The third kappa shape index (κ3) is 3.12. The second-order valence-electron chi connectivity index (χ2n) is 5.48. The number of rotatable bonds is 6. The standard InChI is InChI=1S/C16H25NO/c1-12(2)18-11-16(17-3)15-10-5-4-9-14(15)13-7-6-8-13/h4-5,9-10,12-13,16-17H,6-8,11H2,1-3H3. The molecule has 18 heavy (non-hydrogen) atoms. The molecule has 0 bridgehead atoms. The molecule has 1 aliphatic rings. The minimum atomic E-state index is 0.289. The average Bonchev–Trinajstić information content (AvgIpc) is 2.29. The molecule has 0 amide bonds. The molecule has 1 aliphatic carbocycles. The zero-order valence-electron chi connectivity index (χ0n) is 11.8. The molecule has 2 rings (SSSR count). The summed E-state index contributed by atoms with van der Waals surface area (Å²) in [5, 5.41) is 3.39. The molecular formula is C16H25NO. The molecule has 1 atom stereocenters. The molecule has 0 saturated heterocycles. The predicted octanol–water partition coefficient (Wildman–Crippen LogP) is 3.64. The van der Waals surface area contributed by atoms with Gasteiger partial charge in [-0.2, -0.15) is 0 Å². The highest BCUT2D eigenvalue weighted by atomic mass is 16.5. The summed E-state index contributed by atoms with van der Waals surface area (Å²) in [6.45, 7) is 4.92. The summed E-state index contributed by atoms with van der Waals surface area (Å²) in [6, 6.07) is 9.14. The van der Waals surface area contributed by atoms with Crippen LogP contribution in [0, 0.1) is 0 Å². The van der Waals surface area contributed by atoms with Gasteiger partial charge in [-0.15, -0.1) is 0 Å². The van der Waals surface area contributed by atoms with E-state index in [0.717, 1.165) is 12.5 Å². The smallest absolute Gasteiger partial charge is 0.0664 e. The lowest BCUT2D eigenvalue weighted by atomic mass is 9.77. The maximum absolute atomic E-state index is 5.77. The Balaban J connectivity index is 2.13. The van der Waals surface area contributed by atoms with Gasteiger partial charge in [-0.1, -0.05) is 30.7 Å². The van der Waals surface area contributed by atoms with Crippen molar-refractivity contribution >= 4 is 0 Å². The molecule has 2 nitrogen and oxygen atoms in total. The van der Waals surface area contributed by atoms with Crippen LogP contribution >= 0.6 is 0 Å². The number of ether oxygens (including phenoxy) is 1. The fourth-order valence-electron chi connectivity index (χ4n) is 2.54. The SMILES string of the molecule is CNC(COC(C)C)c1ccccc1C1CCC1. The van der Waals surface area contributed by atoms with Crippen LogP contribution in [0.4, 0.5) is 0 Å². The van der Waals surface area contributed by atoms with Crippen molar-refractivity contribution in [1.82, 2.24) is 5.32 Å². The van der Waals surface area contributed by atoms with E-state index in [1.807, 2.05) is 7.05 Å². The molecule has 100 valence electrons. The molecule has 0 radical (unpaired) electrons. The van der Waals surface area contributed by atoms with E-state index >= 15 is 0 Å².